The number of hydrogen-bond donors (Lipinski definition) is 2. The first-order valence-corrected chi connectivity index (χ1v) is 9.96. The molecule has 1 aliphatic rings. The van der Waals surface area contributed by atoms with Gasteiger partial charge in [0.05, 0.1) is 10.2 Å². The maximum absolute atomic E-state index is 12.5. The predicted octanol–water partition coefficient (Wildman–Crippen LogP) is 4.89. The van der Waals surface area contributed by atoms with E-state index in [9.17, 15) is 4.79 Å². The van der Waals surface area contributed by atoms with Crippen molar-refractivity contribution >= 4 is 38.3 Å². The van der Waals surface area contributed by atoms with Gasteiger partial charge >= 0.3 is 0 Å². The Kier molecular flexibility index (Phi) is 4.50. The fraction of sp³-hybridized carbons (Fsp3) is 0.0909. The lowest BCUT2D eigenvalue weighted by Gasteiger charge is -2.04. The molecule has 29 heavy (non-hydrogen) atoms. The summed E-state index contributed by atoms with van der Waals surface area (Å²) in [7, 11) is 0. The zero-order chi connectivity index (χ0) is 19.6. The van der Waals surface area contributed by atoms with Crippen LogP contribution in [-0.4, -0.2) is 17.7 Å². The Bertz CT molecular complexity index is 1190. The molecule has 0 atom stereocenters. The number of carbonyl (C=O) groups excluding carboxylic acids is 1. The van der Waals surface area contributed by atoms with E-state index < -0.39 is 0 Å². The number of nitrogens with one attached hydrogen (secondary N) is 2. The van der Waals surface area contributed by atoms with Gasteiger partial charge in [-0.25, -0.2) is 4.98 Å². The molecule has 0 aliphatic carbocycles. The molecule has 1 aromatic heterocycles. The molecular weight excluding hydrogens is 386 g/mol. The fourth-order valence-electron chi connectivity index (χ4n) is 3.09. The van der Waals surface area contributed by atoms with Crippen molar-refractivity contribution < 1.29 is 14.3 Å². The lowest BCUT2D eigenvalue weighted by molar-refractivity contribution is 0.102. The first kappa shape index (κ1) is 17.5. The van der Waals surface area contributed by atoms with Crippen LogP contribution in [0.5, 0.6) is 11.5 Å². The number of benzene rings is 3. The van der Waals surface area contributed by atoms with Crippen molar-refractivity contribution in [2.75, 3.05) is 17.4 Å². The van der Waals surface area contributed by atoms with Crippen LogP contribution in [0.1, 0.15) is 15.9 Å². The summed E-state index contributed by atoms with van der Waals surface area (Å²) in [5.41, 5.74) is 3.32. The lowest BCUT2D eigenvalue weighted by atomic mass is 10.2. The van der Waals surface area contributed by atoms with Crippen LogP contribution < -0.4 is 20.1 Å². The van der Waals surface area contributed by atoms with Gasteiger partial charge in [0.25, 0.3) is 5.91 Å². The number of amides is 1. The average Bonchev–Trinajstić information content (AvgIpc) is 3.38. The molecule has 0 fully saturated rings. The van der Waals surface area contributed by atoms with Gasteiger partial charge in [-0.15, -0.1) is 0 Å². The summed E-state index contributed by atoms with van der Waals surface area (Å²) in [6.07, 6.45) is 0. The van der Waals surface area contributed by atoms with E-state index in [0.29, 0.717) is 12.1 Å². The standard InChI is InChI=1S/C22H17N3O3S/c26-21(24-16-4-2-1-3-5-16)15-7-8-17-20(11-15)29-22(25-17)23-12-14-6-9-18-19(10-14)28-13-27-18/h1-11H,12-13H2,(H,23,25)(H,24,26). The van der Waals surface area contributed by atoms with Gasteiger partial charge in [-0.05, 0) is 48.0 Å². The van der Waals surface area contributed by atoms with Gasteiger partial charge in [0, 0.05) is 17.8 Å². The molecule has 3 aromatic carbocycles. The number of thiazole rings is 1. The molecule has 1 amide bonds. The Morgan fingerprint density at radius 3 is 2.76 bits per heavy atom. The first-order valence-electron chi connectivity index (χ1n) is 9.14. The Labute approximate surface area is 171 Å². The Hall–Kier alpha value is -3.58. The highest BCUT2D eigenvalue weighted by Crippen LogP contribution is 2.33. The molecule has 1 aliphatic heterocycles. The van der Waals surface area contributed by atoms with E-state index >= 15 is 0 Å². The molecule has 0 saturated heterocycles. The molecule has 0 spiro atoms. The van der Waals surface area contributed by atoms with Crippen LogP contribution in [0.4, 0.5) is 10.8 Å². The quantitative estimate of drug-likeness (QED) is 0.496. The monoisotopic (exact) mass is 403 g/mol. The third-order valence-corrected chi connectivity index (χ3v) is 5.54. The highest BCUT2D eigenvalue weighted by Gasteiger charge is 2.14. The lowest BCUT2D eigenvalue weighted by Crippen LogP contribution is -2.11. The minimum atomic E-state index is -0.138. The second-order valence-corrected chi connectivity index (χ2v) is 7.59. The highest BCUT2D eigenvalue weighted by molar-refractivity contribution is 7.22. The van der Waals surface area contributed by atoms with Crippen LogP contribution in [-0.2, 0) is 6.54 Å². The molecule has 2 N–H and O–H groups in total. The summed E-state index contributed by atoms with van der Waals surface area (Å²) in [4.78, 5) is 17.1. The number of para-hydroxylation sites is 1. The van der Waals surface area contributed by atoms with E-state index in [0.717, 1.165) is 38.1 Å². The number of anilines is 2. The Morgan fingerprint density at radius 2 is 1.86 bits per heavy atom. The van der Waals surface area contributed by atoms with Gasteiger partial charge in [0.15, 0.2) is 16.6 Å². The van der Waals surface area contributed by atoms with Gasteiger partial charge in [-0.3, -0.25) is 4.79 Å². The zero-order valence-corrected chi connectivity index (χ0v) is 16.2. The van der Waals surface area contributed by atoms with Crippen LogP contribution in [0.3, 0.4) is 0 Å². The van der Waals surface area contributed by atoms with E-state index in [1.807, 2.05) is 60.7 Å². The van der Waals surface area contributed by atoms with Crippen molar-refractivity contribution in [1.82, 2.24) is 4.98 Å². The van der Waals surface area contributed by atoms with Gasteiger partial charge in [0.2, 0.25) is 6.79 Å². The molecule has 0 bridgehead atoms. The summed E-state index contributed by atoms with van der Waals surface area (Å²) < 4.78 is 11.7. The van der Waals surface area contributed by atoms with Gasteiger partial charge < -0.3 is 20.1 Å². The number of rotatable bonds is 5. The normalized spacial score (nSPS) is 12.1. The Morgan fingerprint density at radius 1 is 1.00 bits per heavy atom. The summed E-state index contributed by atoms with van der Waals surface area (Å²) >= 11 is 1.52. The molecular formula is C22H17N3O3S. The summed E-state index contributed by atoms with van der Waals surface area (Å²) in [6, 6.07) is 20.8. The third kappa shape index (κ3) is 3.72. The molecule has 144 valence electrons. The fourth-order valence-corrected chi connectivity index (χ4v) is 4.00. The summed E-state index contributed by atoms with van der Waals surface area (Å²) in [5, 5.41) is 7.05. The van der Waals surface area contributed by atoms with Gasteiger partial charge in [-0.2, -0.15) is 0 Å². The molecule has 5 rings (SSSR count). The maximum Gasteiger partial charge on any atom is 0.255 e. The van der Waals surface area contributed by atoms with E-state index in [-0.39, 0.29) is 12.7 Å². The third-order valence-electron chi connectivity index (χ3n) is 4.56. The number of hydrogen-bond acceptors (Lipinski definition) is 6. The average molecular weight is 403 g/mol. The minimum Gasteiger partial charge on any atom is -0.454 e. The number of ether oxygens (including phenoxy) is 2. The molecule has 2 heterocycles. The first-order chi connectivity index (χ1) is 14.2. The van der Waals surface area contributed by atoms with Crippen molar-refractivity contribution in [2.24, 2.45) is 0 Å². The highest BCUT2D eigenvalue weighted by atomic mass is 32.1. The number of nitrogens with zero attached hydrogens (tertiary/aromatic N) is 1. The zero-order valence-electron chi connectivity index (χ0n) is 15.3. The maximum atomic E-state index is 12.5. The number of fused-ring (bicyclic) bond motifs is 2. The van der Waals surface area contributed by atoms with Crippen LogP contribution in [0, 0.1) is 0 Å². The smallest absolute Gasteiger partial charge is 0.255 e. The van der Waals surface area contributed by atoms with E-state index in [1.54, 1.807) is 6.07 Å². The summed E-state index contributed by atoms with van der Waals surface area (Å²) in [5.74, 6) is 1.40. The largest absolute Gasteiger partial charge is 0.454 e. The molecule has 0 saturated carbocycles. The topological polar surface area (TPSA) is 72.5 Å². The molecule has 0 radical (unpaired) electrons. The van der Waals surface area contributed by atoms with Crippen LogP contribution in [0.2, 0.25) is 0 Å². The van der Waals surface area contributed by atoms with E-state index in [2.05, 4.69) is 15.6 Å². The minimum absolute atomic E-state index is 0.138. The molecule has 6 nitrogen and oxygen atoms in total. The van der Waals surface area contributed by atoms with Crippen molar-refractivity contribution in [2.45, 2.75) is 6.54 Å². The summed E-state index contributed by atoms with van der Waals surface area (Å²) in [6.45, 7) is 0.891. The number of aromatic nitrogens is 1. The predicted molar refractivity (Wildman–Crippen MR) is 114 cm³/mol. The Balaban J connectivity index is 1.29. The van der Waals surface area contributed by atoms with Crippen molar-refractivity contribution in [1.29, 1.82) is 0 Å². The molecule has 0 unspecified atom stereocenters. The van der Waals surface area contributed by atoms with Crippen LogP contribution in [0.25, 0.3) is 10.2 Å². The second-order valence-electron chi connectivity index (χ2n) is 6.56. The number of carbonyl (C=O) groups is 1. The van der Waals surface area contributed by atoms with Gasteiger partial charge in [-0.1, -0.05) is 35.6 Å². The van der Waals surface area contributed by atoms with Crippen molar-refractivity contribution in [3.63, 3.8) is 0 Å². The SMILES string of the molecule is O=C(Nc1ccccc1)c1ccc2nc(NCc3ccc4c(c3)OCO4)sc2c1. The van der Waals surface area contributed by atoms with E-state index in [4.69, 9.17) is 9.47 Å². The van der Waals surface area contributed by atoms with Crippen molar-refractivity contribution in [3.8, 4) is 11.5 Å². The van der Waals surface area contributed by atoms with E-state index in [1.165, 1.54) is 11.3 Å². The second kappa shape index (κ2) is 7.44. The van der Waals surface area contributed by atoms with Gasteiger partial charge in [0.1, 0.15) is 0 Å². The molecule has 4 aromatic rings. The van der Waals surface area contributed by atoms with Crippen LogP contribution in [0.15, 0.2) is 66.7 Å². The molecule has 7 heteroatoms. The van der Waals surface area contributed by atoms with Crippen LogP contribution >= 0.6 is 11.3 Å². The van der Waals surface area contributed by atoms with Crippen molar-refractivity contribution in [3.05, 3.63) is 77.9 Å².